The highest BCUT2D eigenvalue weighted by Gasteiger charge is 2.38. The van der Waals surface area contributed by atoms with Crippen LogP contribution in [0, 0.1) is 6.92 Å². The highest BCUT2D eigenvalue weighted by Crippen LogP contribution is 2.43. The summed E-state index contributed by atoms with van der Waals surface area (Å²) in [5.41, 5.74) is 3.30. The van der Waals surface area contributed by atoms with E-state index in [4.69, 9.17) is 11.6 Å². The molecule has 1 N–H and O–H groups in total. The Morgan fingerprint density at radius 2 is 1.92 bits per heavy atom. The number of nitrogens with zero attached hydrogens (tertiary/aromatic N) is 1. The van der Waals surface area contributed by atoms with Crippen molar-refractivity contribution >= 4 is 17.5 Å². The largest absolute Gasteiger partial charge is 0.347 e. The Bertz CT molecular complexity index is 734. The van der Waals surface area contributed by atoms with Crippen LogP contribution in [-0.2, 0) is 10.3 Å². The number of halogens is 1. The van der Waals surface area contributed by atoms with Gasteiger partial charge in [-0.05, 0) is 73.9 Å². The minimum absolute atomic E-state index is 0.105. The first kappa shape index (κ1) is 17.9. The molecule has 1 fully saturated rings. The minimum Gasteiger partial charge on any atom is -0.347 e. The summed E-state index contributed by atoms with van der Waals surface area (Å²) < 4.78 is 0. The average molecular weight is 357 g/mol. The van der Waals surface area contributed by atoms with E-state index in [0.717, 1.165) is 42.0 Å². The fourth-order valence-electron chi connectivity index (χ4n) is 3.88. The number of carbonyl (C=O) groups is 1. The molecule has 0 aliphatic heterocycles. The summed E-state index contributed by atoms with van der Waals surface area (Å²) in [5, 5.41) is 4.03. The second-order valence-electron chi connectivity index (χ2n) is 7.00. The molecule has 1 amide bonds. The summed E-state index contributed by atoms with van der Waals surface area (Å²) in [4.78, 5) is 16.5. The molecule has 0 atom stereocenters. The van der Waals surface area contributed by atoms with Crippen LogP contribution in [0.1, 0.15) is 61.8 Å². The summed E-state index contributed by atoms with van der Waals surface area (Å²) >= 11 is 6.05. The Kier molecular flexibility index (Phi) is 5.43. The summed E-state index contributed by atoms with van der Waals surface area (Å²) in [5.74, 6) is 0.633. The van der Waals surface area contributed by atoms with E-state index in [1.54, 1.807) is 0 Å². The van der Waals surface area contributed by atoms with Crippen molar-refractivity contribution in [2.45, 2.75) is 57.4 Å². The van der Waals surface area contributed by atoms with Crippen LogP contribution in [-0.4, -0.2) is 10.9 Å². The molecule has 1 aliphatic rings. The van der Waals surface area contributed by atoms with Gasteiger partial charge in [0, 0.05) is 23.3 Å². The van der Waals surface area contributed by atoms with Crippen LogP contribution in [0.25, 0.3) is 0 Å². The van der Waals surface area contributed by atoms with Crippen molar-refractivity contribution in [2.75, 3.05) is 0 Å². The van der Waals surface area contributed by atoms with E-state index in [9.17, 15) is 4.79 Å². The van der Waals surface area contributed by atoms with E-state index in [2.05, 4.69) is 34.6 Å². The fraction of sp³-hybridized carbons (Fsp3) is 0.429. The molecule has 0 saturated heterocycles. The van der Waals surface area contributed by atoms with Crippen molar-refractivity contribution in [3.05, 3.63) is 64.4 Å². The van der Waals surface area contributed by atoms with Gasteiger partial charge in [0.2, 0.25) is 5.91 Å². The monoisotopic (exact) mass is 356 g/mol. The molecule has 1 aliphatic carbocycles. The Morgan fingerprint density at radius 3 is 2.52 bits per heavy atom. The molecule has 0 unspecified atom stereocenters. The smallest absolute Gasteiger partial charge is 0.220 e. The predicted molar refractivity (Wildman–Crippen MR) is 102 cm³/mol. The first-order valence-electron chi connectivity index (χ1n) is 9.02. The molecule has 0 radical (unpaired) electrons. The topological polar surface area (TPSA) is 42.0 Å². The molecule has 3 nitrogen and oxygen atoms in total. The number of hydrogen-bond donors (Lipinski definition) is 1. The second kappa shape index (κ2) is 7.57. The summed E-state index contributed by atoms with van der Waals surface area (Å²) in [6.45, 7) is 3.93. The molecule has 4 heteroatoms. The Hall–Kier alpha value is -1.87. The first-order chi connectivity index (χ1) is 12.0. The SMILES string of the molecule is CCC(=O)NC1(c2ccc(Cl)cc2)CCC(c2ccnc(C)c2)CC1. The number of pyridine rings is 1. The van der Waals surface area contributed by atoms with E-state index < -0.39 is 0 Å². The quantitative estimate of drug-likeness (QED) is 0.825. The number of benzene rings is 1. The van der Waals surface area contributed by atoms with Crippen LogP contribution in [0.5, 0.6) is 0 Å². The van der Waals surface area contributed by atoms with Gasteiger partial charge in [-0.1, -0.05) is 30.7 Å². The molecule has 0 bridgehead atoms. The van der Waals surface area contributed by atoms with Crippen molar-refractivity contribution in [3.63, 3.8) is 0 Å². The van der Waals surface area contributed by atoms with Gasteiger partial charge in [-0.25, -0.2) is 0 Å². The van der Waals surface area contributed by atoms with Gasteiger partial charge in [-0.3, -0.25) is 9.78 Å². The average Bonchev–Trinajstić information content (AvgIpc) is 2.62. The molecule has 2 aromatic rings. The van der Waals surface area contributed by atoms with Gasteiger partial charge in [-0.2, -0.15) is 0 Å². The number of nitrogens with one attached hydrogen (secondary N) is 1. The van der Waals surface area contributed by atoms with Crippen molar-refractivity contribution in [2.24, 2.45) is 0 Å². The van der Waals surface area contributed by atoms with Gasteiger partial charge in [0.1, 0.15) is 0 Å². The number of amides is 1. The minimum atomic E-state index is -0.281. The number of aryl methyl sites for hydroxylation is 1. The number of carbonyl (C=O) groups excluding carboxylic acids is 1. The van der Waals surface area contributed by atoms with Gasteiger partial charge in [0.15, 0.2) is 0 Å². The van der Waals surface area contributed by atoms with Crippen LogP contribution in [0.3, 0.4) is 0 Å². The van der Waals surface area contributed by atoms with Gasteiger partial charge in [-0.15, -0.1) is 0 Å². The Balaban J connectivity index is 1.83. The van der Waals surface area contributed by atoms with Crippen LogP contribution in [0.4, 0.5) is 0 Å². The first-order valence-corrected chi connectivity index (χ1v) is 9.40. The van der Waals surface area contributed by atoms with E-state index in [0.29, 0.717) is 12.3 Å². The lowest BCUT2D eigenvalue weighted by atomic mass is 9.71. The van der Waals surface area contributed by atoms with E-state index in [-0.39, 0.29) is 11.4 Å². The molecule has 0 spiro atoms. The molecular weight excluding hydrogens is 332 g/mol. The summed E-state index contributed by atoms with van der Waals surface area (Å²) in [6.07, 6.45) is 6.37. The molecule has 25 heavy (non-hydrogen) atoms. The molecular formula is C21H25ClN2O. The van der Waals surface area contributed by atoms with Crippen molar-refractivity contribution in [1.29, 1.82) is 0 Å². The second-order valence-corrected chi connectivity index (χ2v) is 7.43. The van der Waals surface area contributed by atoms with Crippen molar-refractivity contribution in [1.82, 2.24) is 10.3 Å². The fourth-order valence-corrected chi connectivity index (χ4v) is 4.00. The Labute approximate surface area is 154 Å². The third-order valence-corrected chi connectivity index (χ3v) is 5.58. The zero-order valence-corrected chi connectivity index (χ0v) is 15.6. The summed E-state index contributed by atoms with van der Waals surface area (Å²) in [6, 6.07) is 12.2. The predicted octanol–water partition coefficient (Wildman–Crippen LogP) is 5.12. The highest BCUT2D eigenvalue weighted by molar-refractivity contribution is 6.30. The van der Waals surface area contributed by atoms with Crippen LogP contribution in [0.15, 0.2) is 42.6 Å². The van der Waals surface area contributed by atoms with Gasteiger partial charge in [0.25, 0.3) is 0 Å². The van der Waals surface area contributed by atoms with Crippen LogP contribution < -0.4 is 5.32 Å². The lowest BCUT2D eigenvalue weighted by Crippen LogP contribution is -2.47. The van der Waals surface area contributed by atoms with Crippen LogP contribution in [0.2, 0.25) is 5.02 Å². The van der Waals surface area contributed by atoms with Gasteiger partial charge in [0.05, 0.1) is 5.54 Å². The van der Waals surface area contributed by atoms with Crippen molar-refractivity contribution < 1.29 is 4.79 Å². The third kappa shape index (κ3) is 4.04. The highest BCUT2D eigenvalue weighted by atomic mass is 35.5. The zero-order valence-electron chi connectivity index (χ0n) is 14.9. The number of hydrogen-bond acceptors (Lipinski definition) is 2. The normalized spacial score (nSPS) is 23.2. The molecule has 1 saturated carbocycles. The lowest BCUT2D eigenvalue weighted by Gasteiger charge is -2.41. The number of rotatable bonds is 4. The standard InChI is InChI=1S/C21H25ClN2O/c1-3-20(25)24-21(18-4-6-19(22)7-5-18)11-8-16(9-12-21)17-10-13-23-15(2)14-17/h4-7,10,13-14,16H,3,8-9,11-12H2,1-2H3,(H,24,25). The maximum atomic E-state index is 12.2. The lowest BCUT2D eigenvalue weighted by molar-refractivity contribution is -0.123. The molecule has 1 aromatic heterocycles. The number of aromatic nitrogens is 1. The maximum Gasteiger partial charge on any atom is 0.220 e. The zero-order chi connectivity index (χ0) is 17.9. The van der Waals surface area contributed by atoms with E-state index >= 15 is 0 Å². The molecule has 3 rings (SSSR count). The van der Waals surface area contributed by atoms with Gasteiger partial charge >= 0.3 is 0 Å². The van der Waals surface area contributed by atoms with Crippen LogP contribution >= 0.6 is 11.6 Å². The van der Waals surface area contributed by atoms with Crippen molar-refractivity contribution in [3.8, 4) is 0 Å². The molecule has 1 heterocycles. The Morgan fingerprint density at radius 1 is 1.24 bits per heavy atom. The maximum absolute atomic E-state index is 12.2. The van der Waals surface area contributed by atoms with E-state index in [1.807, 2.05) is 32.2 Å². The summed E-state index contributed by atoms with van der Waals surface area (Å²) in [7, 11) is 0. The molecule has 132 valence electrons. The molecule has 1 aromatic carbocycles. The third-order valence-electron chi connectivity index (χ3n) is 5.33. The van der Waals surface area contributed by atoms with Gasteiger partial charge < -0.3 is 5.32 Å². The van der Waals surface area contributed by atoms with E-state index in [1.165, 1.54) is 5.56 Å².